The normalized spacial score (nSPS) is 17.4. The molecule has 2 aromatic rings. The number of allylic oxidation sites excluding steroid dienone is 1. The minimum atomic E-state index is -0.375. The van der Waals surface area contributed by atoms with E-state index in [1.54, 1.807) is 6.26 Å². The summed E-state index contributed by atoms with van der Waals surface area (Å²) < 4.78 is 5.51. The van der Waals surface area contributed by atoms with Crippen LogP contribution in [-0.4, -0.2) is 33.2 Å². The zero-order valence-electron chi connectivity index (χ0n) is 14.2. The molecule has 0 radical (unpaired) electrons. The number of nitrogen functional groups attached to an aromatic ring is 1. The van der Waals surface area contributed by atoms with E-state index in [1.165, 1.54) is 11.8 Å². The number of amides is 1. The molecule has 4 N–H and O–H groups in total. The van der Waals surface area contributed by atoms with E-state index in [2.05, 4.69) is 15.0 Å². The number of halogens is 1. The van der Waals surface area contributed by atoms with Crippen LogP contribution >= 0.6 is 23.4 Å². The number of hydrogen-bond acceptors (Lipinski definition) is 7. The van der Waals surface area contributed by atoms with Crippen LogP contribution in [0, 0.1) is 0 Å². The molecule has 7 nitrogen and oxygen atoms in total. The van der Waals surface area contributed by atoms with Gasteiger partial charge in [-0.1, -0.05) is 41.6 Å². The molecule has 0 saturated carbocycles. The third-order valence-corrected chi connectivity index (χ3v) is 5.46. The number of primary amides is 1. The number of anilines is 1. The van der Waals surface area contributed by atoms with E-state index in [0.717, 1.165) is 21.6 Å². The SMILES string of the molecule is NC(=O)CCSc1nc(N)nc(C2C(Cl)=CC3=c4c2cccc4=COC3)n1. The Bertz CT molecular complexity index is 1090. The predicted octanol–water partition coefficient (Wildman–Crippen LogP) is 0.608. The van der Waals surface area contributed by atoms with Gasteiger partial charge in [0.25, 0.3) is 0 Å². The molecule has 9 heteroatoms. The van der Waals surface area contributed by atoms with Crippen molar-refractivity contribution in [1.82, 2.24) is 15.0 Å². The predicted molar refractivity (Wildman–Crippen MR) is 104 cm³/mol. The van der Waals surface area contributed by atoms with Gasteiger partial charge in [0.2, 0.25) is 11.9 Å². The van der Waals surface area contributed by atoms with Crippen molar-refractivity contribution in [2.24, 2.45) is 5.73 Å². The number of benzene rings is 1. The fraction of sp³-hybridized carbons (Fsp3) is 0.222. The van der Waals surface area contributed by atoms with Crippen LogP contribution < -0.4 is 21.9 Å². The molecule has 4 rings (SSSR count). The molecule has 0 fully saturated rings. The molecule has 1 aliphatic carbocycles. The lowest BCUT2D eigenvalue weighted by Crippen LogP contribution is -2.38. The van der Waals surface area contributed by atoms with Gasteiger partial charge < -0.3 is 16.2 Å². The van der Waals surface area contributed by atoms with Crippen molar-refractivity contribution in [1.29, 1.82) is 0 Å². The minimum absolute atomic E-state index is 0.112. The lowest BCUT2D eigenvalue weighted by atomic mass is 9.87. The molecule has 1 unspecified atom stereocenters. The first kappa shape index (κ1) is 17.8. The Labute approximate surface area is 164 Å². The summed E-state index contributed by atoms with van der Waals surface area (Å²) in [6.45, 7) is 0.473. The highest BCUT2D eigenvalue weighted by atomic mass is 35.5. The number of ether oxygens (including phenoxy) is 1. The third kappa shape index (κ3) is 3.50. The first-order chi connectivity index (χ1) is 13.0. The Morgan fingerprint density at radius 1 is 1.33 bits per heavy atom. The second kappa shape index (κ2) is 7.21. The summed E-state index contributed by atoms with van der Waals surface area (Å²) in [7, 11) is 0. The number of aromatic nitrogens is 3. The molecule has 2 heterocycles. The summed E-state index contributed by atoms with van der Waals surface area (Å²) in [5.41, 5.74) is 13.1. The van der Waals surface area contributed by atoms with Gasteiger partial charge in [-0.25, -0.2) is 4.98 Å². The van der Waals surface area contributed by atoms with Gasteiger partial charge in [0.15, 0.2) is 5.16 Å². The van der Waals surface area contributed by atoms with Gasteiger partial charge in [-0.15, -0.1) is 0 Å². The first-order valence-corrected chi connectivity index (χ1v) is 9.63. The zero-order valence-corrected chi connectivity index (χ0v) is 15.8. The second-order valence-electron chi connectivity index (χ2n) is 6.13. The van der Waals surface area contributed by atoms with E-state index in [4.69, 9.17) is 27.8 Å². The number of nitrogens with zero attached hydrogens (tertiary/aromatic N) is 3. The Morgan fingerprint density at radius 3 is 3.00 bits per heavy atom. The van der Waals surface area contributed by atoms with Gasteiger partial charge in [-0.2, -0.15) is 9.97 Å². The molecule has 1 atom stereocenters. The topological polar surface area (TPSA) is 117 Å². The van der Waals surface area contributed by atoms with E-state index in [0.29, 0.717) is 28.4 Å². The summed E-state index contributed by atoms with van der Waals surface area (Å²) in [6, 6.07) is 5.96. The average Bonchev–Trinajstić information content (AvgIpc) is 2.61. The van der Waals surface area contributed by atoms with E-state index in [9.17, 15) is 4.79 Å². The molecule has 138 valence electrons. The second-order valence-corrected chi connectivity index (χ2v) is 7.63. The highest BCUT2D eigenvalue weighted by Gasteiger charge is 2.28. The monoisotopic (exact) mass is 401 g/mol. The maximum Gasteiger partial charge on any atom is 0.224 e. The van der Waals surface area contributed by atoms with Gasteiger partial charge in [-0.3, -0.25) is 4.79 Å². The number of rotatable bonds is 5. The summed E-state index contributed by atoms with van der Waals surface area (Å²) >= 11 is 7.92. The van der Waals surface area contributed by atoms with E-state index < -0.39 is 0 Å². The molecule has 0 bridgehead atoms. The van der Waals surface area contributed by atoms with Gasteiger partial charge in [-0.05, 0) is 22.4 Å². The fourth-order valence-corrected chi connectivity index (χ4v) is 4.34. The van der Waals surface area contributed by atoms with Crippen molar-refractivity contribution in [2.45, 2.75) is 17.5 Å². The molecule has 0 saturated heterocycles. The number of carbonyl (C=O) groups is 1. The largest absolute Gasteiger partial charge is 0.496 e. The molecule has 2 aliphatic rings. The van der Waals surface area contributed by atoms with E-state index in [1.807, 2.05) is 24.3 Å². The Morgan fingerprint density at radius 2 is 2.19 bits per heavy atom. The van der Waals surface area contributed by atoms with Gasteiger partial charge in [0.05, 0.1) is 12.2 Å². The van der Waals surface area contributed by atoms with Crippen LogP contribution in [0.25, 0.3) is 11.8 Å². The van der Waals surface area contributed by atoms with Crippen LogP contribution in [0.3, 0.4) is 0 Å². The first-order valence-electron chi connectivity index (χ1n) is 8.26. The van der Waals surface area contributed by atoms with Crippen molar-refractivity contribution in [2.75, 3.05) is 18.1 Å². The van der Waals surface area contributed by atoms with Gasteiger partial charge in [0, 0.05) is 22.4 Å². The quantitative estimate of drug-likeness (QED) is 0.705. The van der Waals surface area contributed by atoms with Gasteiger partial charge in [0.1, 0.15) is 12.4 Å². The third-order valence-electron chi connectivity index (χ3n) is 4.29. The number of hydrogen-bond donors (Lipinski definition) is 2. The maximum absolute atomic E-state index is 10.9. The van der Waals surface area contributed by atoms with E-state index >= 15 is 0 Å². The number of thioether (sulfide) groups is 1. The fourth-order valence-electron chi connectivity index (χ4n) is 3.19. The van der Waals surface area contributed by atoms with Crippen molar-refractivity contribution in [3.8, 4) is 0 Å². The van der Waals surface area contributed by atoms with Crippen molar-refractivity contribution >= 4 is 47.1 Å². The lowest BCUT2D eigenvalue weighted by Gasteiger charge is -2.24. The van der Waals surface area contributed by atoms with Gasteiger partial charge >= 0.3 is 0 Å². The molecule has 0 spiro atoms. The van der Waals surface area contributed by atoms with E-state index in [-0.39, 0.29) is 24.2 Å². The summed E-state index contributed by atoms with van der Waals surface area (Å²) in [4.78, 5) is 23.9. The standard InChI is InChI=1S/C18H16ClN5O2S/c19-12-6-10-8-26-7-9-2-1-3-11(14(9)10)15(12)16-22-17(21)24-18(23-16)27-5-4-13(20)25/h1-3,6-7,15H,4-5,8H2,(H2,20,25)(H2,21,22,23,24). The summed E-state index contributed by atoms with van der Waals surface area (Å²) in [6.07, 6.45) is 3.89. The van der Waals surface area contributed by atoms with Crippen LogP contribution in [0.2, 0.25) is 0 Å². The highest BCUT2D eigenvalue weighted by Crippen LogP contribution is 2.35. The van der Waals surface area contributed by atoms with Crippen LogP contribution in [-0.2, 0) is 9.53 Å². The number of nitrogens with two attached hydrogens (primary N) is 2. The average molecular weight is 402 g/mol. The van der Waals surface area contributed by atoms with Crippen molar-refractivity contribution in [3.63, 3.8) is 0 Å². The molecule has 1 amide bonds. The van der Waals surface area contributed by atoms with Crippen LogP contribution in [0.1, 0.15) is 23.7 Å². The van der Waals surface area contributed by atoms with Crippen LogP contribution in [0.15, 0.2) is 34.5 Å². The Balaban J connectivity index is 1.78. The van der Waals surface area contributed by atoms with Crippen LogP contribution in [0.4, 0.5) is 5.95 Å². The molecule has 1 aromatic heterocycles. The molecule has 1 aromatic carbocycles. The Hall–Kier alpha value is -2.58. The molecule has 27 heavy (non-hydrogen) atoms. The highest BCUT2D eigenvalue weighted by molar-refractivity contribution is 7.99. The summed E-state index contributed by atoms with van der Waals surface area (Å²) in [5.74, 6) is 0.347. The maximum atomic E-state index is 10.9. The molecular weight excluding hydrogens is 386 g/mol. The smallest absolute Gasteiger partial charge is 0.224 e. The van der Waals surface area contributed by atoms with Crippen LogP contribution in [0.5, 0.6) is 0 Å². The van der Waals surface area contributed by atoms with Crippen molar-refractivity contribution in [3.05, 3.63) is 51.1 Å². The Kier molecular flexibility index (Phi) is 4.75. The summed E-state index contributed by atoms with van der Waals surface area (Å²) in [5, 5.41) is 3.13. The number of carbonyl (C=O) groups excluding carboxylic acids is 1. The molecule has 1 aliphatic heterocycles. The molecular formula is C18H16ClN5O2S. The zero-order chi connectivity index (χ0) is 19.0. The minimum Gasteiger partial charge on any atom is -0.496 e. The lowest BCUT2D eigenvalue weighted by molar-refractivity contribution is -0.117. The van der Waals surface area contributed by atoms with Crippen molar-refractivity contribution < 1.29 is 9.53 Å².